The first-order valence-corrected chi connectivity index (χ1v) is 11.1. The van der Waals surface area contributed by atoms with E-state index in [2.05, 4.69) is 19.2 Å². The normalized spacial score (nSPS) is 18.9. The van der Waals surface area contributed by atoms with Crippen LogP contribution >= 0.6 is 11.3 Å². The second-order valence-electron chi connectivity index (χ2n) is 8.20. The van der Waals surface area contributed by atoms with E-state index in [4.69, 9.17) is 5.73 Å². The Morgan fingerprint density at radius 1 is 1.10 bits per heavy atom. The van der Waals surface area contributed by atoms with Crippen LogP contribution in [0.25, 0.3) is 11.1 Å². The molecule has 30 heavy (non-hydrogen) atoms. The van der Waals surface area contributed by atoms with Gasteiger partial charge >= 0.3 is 5.97 Å². The van der Waals surface area contributed by atoms with E-state index in [0.717, 1.165) is 28.8 Å². The Hall–Kier alpha value is -2.67. The van der Waals surface area contributed by atoms with Gasteiger partial charge in [0.2, 0.25) is 5.91 Å². The number of carboxylic acids is 1. The zero-order valence-electron chi connectivity index (χ0n) is 17.5. The number of rotatable bonds is 6. The molecule has 160 valence electrons. The fraction of sp³-hybridized carbons (Fsp3) is 0.435. The number of anilines is 1. The molecule has 7 heteroatoms. The van der Waals surface area contributed by atoms with Crippen molar-refractivity contribution in [2.75, 3.05) is 5.32 Å². The molecule has 1 heterocycles. The summed E-state index contributed by atoms with van der Waals surface area (Å²) < 4.78 is 0. The van der Waals surface area contributed by atoms with Crippen LogP contribution in [0.2, 0.25) is 0 Å². The Morgan fingerprint density at radius 2 is 1.70 bits per heavy atom. The van der Waals surface area contributed by atoms with E-state index >= 15 is 0 Å². The first-order chi connectivity index (χ1) is 14.2. The minimum absolute atomic E-state index is 0.283. The van der Waals surface area contributed by atoms with Gasteiger partial charge in [-0.3, -0.25) is 14.4 Å². The maximum atomic E-state index is 12.9. The summed E-state index contributed by atoms with van der Waals surface area (Å²) in [5.41, 5.74) is 8.76. The molecule has 1 fully saturated rings. The van der Waals surface area contributed by atoms with Crippen LogP contribution in [0.15, 0.2) is 24.3 Å². The summed E-state index contributed by atoms with van der Waals surface area (Å²) in [6, 6.07) is 7.98. The van der Waals surface area contributed by atoms with Crippen molar-refractivity contribution in [3.05, 3.63) is 40.3 Å². The first-order valence-electron chi connectivity index (χ1n) is 10.3. The lowest BCUT2D eigenvalue weighted by Gasteiger charge is -2.27. The van der Waals surface area contributed by atoms with E-state index in [1.807, 2.05) is 31.2 Å². The summed E-state index contributed by atoms with van der Waals surface area (Å²) >= 11 is 1.30. The van der Waals surface area contributed by atoms with Crippen LogP contribution in [0.3, 0.4) is 0 Å². The minimum atomic E-state index is -0.946. The molecule has 2 atom stereocenters. The third-order valence-corrected chi connectivity index (χ3v) is 6.87. The predicted molar refractivity (Wildman–Crippen MR) is 119 cm³/mol. The number of carbonyl (C=O) groups is 3. The third kappa shape index (κ3) is 4.41. The number of thiophene rings is 1. The van der Waals surface area contributed by atoms with E-state index in [1.54, 1.807) is 0 Å². The molecule has 0 spiro atoms. The number of hydrogen-bond donors (Lipinski definition) is 3. The van der Waals surface area contributed by atoms with Gasteiger partial charge in [-0.05, 0) is 36.8 Å². The maximum Gasteiger partial charge on any atom is 0.307 e. The molecule has 1 aromatic carbocycles. The van der Waals surface area contributed by atoms with Gasteiger partial charge in [-0.1, -0.05) is 51.0 Å². The van der Waals surface area contributed by atoms with Crippen LogP contribution in [0, 0.1) is 18.8 Å². The molecule has 2 amide bonds. The van der Waals surface area contributed by atoms with Gasteiger partial charge in [0, 0.05) is 10.4 Å². The van der Waals surface area contributed by atoms with Gasteiger partial charge < -0.3 is 16.2 Å². The number of amides is 2. The largest absolute Gasteiger partial charge is 0.481 e. The molecule has 4 N–H and O–H groups in total. The Morgan fingerprint density at radius 3 is 2.23 bits per heavy atom. The van der Waals surface area contributed by atoms with Crippen LogP contribution in [0.4, 0.5) is 5.00 Å². The van der Waals surface area contributed by atoms with Crippen molar-refractivity contribution in [3.63, 3.8) is 0 Å². The van der Waals surface area contributed by atoms with Gasteiger partial charge in [0.1, 0.15) is 5.00 Å². The van der Waals surface area contributed by atoms with Gasteiger partial charge in [0.25, 0.3) is 5.91 Å². The number of aliphatic carboxylic acids is 1. The van der Waals surface area contributed by atoms with Gasteiger partial charge in [0.05, 0.1) is 17.4 Å². The number of carbonyl (C=O) groups excluding carboxylic acids is 2. The quantitative estimate of drug-likeness (QED) is 0.615. The molecule has 2 aromatic rings. The highest BCUT2D eigenvalue weighted by molar-refractivity contribution is 7.17. The van der Waals surface area contributed by atoms with Crippen molar-refractivity contribution in [2.24, 2.45) is 17.6 Å². The third-order valence-electron chi connectivity index (χ3n) is 5.85. The molecule has 1 aromatic heterocycles. The molecular weight excluding hydrogens is 400 g/mol. The van der Waals surface area contributed by atoms with Crippen molar-refractivity contribution < 1.29 is 19.5 Å². The topological polar surface area (TPSA) is 109 Å². The Balaban J connectivity index is 1.94. The average Bonchev–Trinajstić information content (AvgIpc) is 3.03. The van der Waals surface area contributed by atoms with Crippen molar-refractivity contribution >= 4 is 34.1 Å². The lowest BCUT2D eigenvalue weighted by atomic mass is 9.78. The van der Waals surface area contributed by atoms with E-state index in [9.17, 15) is 19.5 Å². The number of aryl methyl sites for hydroxylation is 1. The van der Waals surface area contributed by atoms with Gasteiger partial charge in [-0.25, -0.2) is 0 Å². The van der Waals surface area contributed by atoms with Crippen molar-refractivity contribution in [3.8, 4) is 11.1 Å². The number of nitrogens with one attached hydrogen (secondary N) is 1. The number of carboxylic acid groups (broad SMARTS) is 1. The highest BCUT2D eigenvalue weighted by atomic mass is 32.1. The second kappa shape index (κ2) is 9.00. The van der Waals surface area contributed by atoms with E-state index in [0.29, 0.717) is 23.8 Å². The van der Waals surface area contributed by atoms with E-state index in [1.165, 1.54) is 16.9 Å². The lowest BCUT2D eigenvalue weighted by Crippen LogP contribution is -2.36. The molecule has 1 aliphatic carbocycles. The zero-order valence-corrected chi connectivity index (χ0v) is 18.3. The summed E-state index contributed by atoms with van der Waals surface area (Å²) in [6.45, 7) is 6.12. The molecule has 0 radical (unpaired) electrons. The Kier molecular flexibility index (Phi) is 6.61. The van der Waals surface area contributed by atoms with E-state index in [-0.39, 0.29) is 11.5 Å². The number of benzene rings is 1. The molecule has 6 nitrogen and oxygen atoms in total. The molecule has 3 rings (SSSR count). The number of hydrogen-bond acceptors (Lipinski definition) is 4. The monoisotopic (exact) mass is 428 g/mol. The van der Waals surface area contributed by atoms with Crippen LogP contribution < -0.4 is 11.1 Å². The van der Waals surface area contributed by atoms with Gasteiger partial charge in [0.15, 0.2) is 0 Å². The highest BCUT2D eigenvalue weighted by Crippen LogP contribution is 2.41. The zero-order chi connectivity index (χ0) is 22.0. The second-order valence-corrected chi connectivity index (χ2v) is 9.43. The van der Waals surface area contributed by atoms with Crippen molar-refractivity contribution in [1.29, 1.82) is 0 Å². The molecular formula is C23H28N2O4S. The van der Waals surface area contributed by atoms with Crippen molar-refractivity contribution in [1.82, 2.24) is 0 Å². The minimum Gasteiger partial charge on any atom is -0.481 e. The van der Waals surface area contributed by atoms with Crippen LogP contribution in [-0.2, 0) is 9.59 Å². The average molecular weight is 429 g/mol. The fourth-order valence-electron chi connectivity index (χ4n) is 4.19. The van der Waals surface area contributed by atoms with Gasteiger partial charge in [-0.2, -0.15) is 0 Å². The fourth-order valence-corrected chi connectivity index (χ4v) is 5.28. The molecule has 0 aliphatic heterocycles. The number of nitrogens with two attached hydrogens (primary N) is 1. The summed E-state index contributed by atoms with van der Waals surface area (Å²) in [5, 5.41) is 12.7. The SMILES string of the molecule is Cc1sc(NC(=O)[C@@H]2CCCC[C@H]2C(=O)O)c(C(N)=O)c1-c1ccc(C(C)C)cc1. The molecule has 1 saturated carbocycles. The van der Waals surface area contributed by atoms with Crippen LogP contribution in [-0.4, -0.2) is 22.9 Å². The summed E-state index contributed by atoms with van der Waals surface area (Å²) in [7, 11) is 0. The van der Waals surface area contributed by atoms with Crippen LogP contribution in [0.1, 0.15) is 66.2 Å². The number of primary amides is 1. The predicted octanol–water partition coefficient (Wildman–Crippen LogP) is 4.78. The van der Waals surface area contributed by atoms with Gasteiger partial charge in [-0.15, -0.1) is 11.3 Å². The Labute approximate surface area is 180 Å². The standard InChI is InChI=1S/C23H28N2O4S/c1-12(2)14-8-10-15(11-9-14)18-13(3)30-22(19(18)20(24)26)25-21(27)16-6-4-5-7-17(16)23(28)29/h8-12,16-17H,4-7H2,1-3H3,(H2,24,26)(H,25,27)(H,28,29)/t16-,17-/m1/s1. The van der Waals surface area contributed by atoms with Crippen molar-refractivity contribution in [2.45, 2.75) is 52.4 Å². The summed E-state index contributed by atoms with van der Waals surface area (Å²) in [6.07, 6.45) is 2.65. The summed E-state index contributed by atoms with van der Waals surface area (Å²) in [5.74, 6) is -2.82. The first kappa shape index (κ1) is 22.0. The van der Waals surface area contributed by atoms with Crippen LogP contribution in [0.5, 0.6) is 0 Å². The summed E-state index contributed by atoms with van der Waals surface area (Å²) in [4.78, 5) is 37.7. The molecule has 0 bridgehead atoms. The molecule has 0 saturated heterocycles. The highest BCUT2D eigenvalue weighted by Gasteiger charge is 2.36. The van der Waals surface area contributed by atoms with E-state index < -0.39 is 23.7 Å². The Bertz CT molecular complexity index is 962. The molecule has 0 unspecified atom stereocenters. The lowest BCUT2D eigenvalue weighted by molar-refractivity contribution is -0.147. The molecule has 1 aliphatic rings. The smallest absolute Gasteiger partial charge is 0.307 e. The maximum absolute atomic E-state index is 12.9.